The maximum Gasteiger partial charge on any atom is 0.227 e. The second-order valence-electron chi connectivity index (χ2n) is 5.72. The zero-order chi connectivity index (χ0) is 14.7. The quantitative estimate of drug-likeness (QED) is 0.875. The van der Waals surface area contributed by atoms with Crippen molar-refractivity contribution in [2.24, 2.45) is 5.92 Å². The van der Waals surface area contributed by atoms with Crippen molar-refractivity contribution < 1.29 is 14.3 Å². The van der Waals surface area contributed by atoms with Gasteiger partial charge in [-0.2, -0.15) is 0 Å². The van der Waals surface area contributed by atoms with Crippen molar-refractivity contribution in [3.8, 4) is 11.5 Å². The Morgan fingerprint density at radius 3 is 2.95 bits per heavy atom. The molecule has 2 heterocycles. The average molecular weight is 290 g/mol. The second-order valence-corrected chi connectivity index (χ2v) is 5.72. The van der Waals surface area contributed by atoms with E-state index < -0.39 is 0 Å². The number of carbonyl (C=O) groups is 1. The molecule has 0 aliphatic carbocycles. The highest BCUT2D eigenvalue weighted by atomic mass is 16.5. The van der Waals surface area contributed by atoms with Gasteiger partial charge in [-0.25, -0.2) is 0 Å². The number of benzene rings is 1. The Balaban J connectivity index is 1.63. The van der Waals surface area contributed by atoms with Crippen molar-refractivity contribution in [2.45, 2.75) is 25.3 Å². The number of rotatable bonds is 3. The van der Waals surface area contributed by atoms with Crippen LogP contribution in [-0.2, 0) is 11.2 Å². The molecule has 2 aliphatic rings. The van der Waals surface area contributed by atoms with Crippen molar-refractivity contribution in [3.63, 3.8) is 0 Å². The highest BCUT2D eigenvalue weighted by molar-refractivity contribution is 5.80. The van der Waals surface area contributed by atoms with Crippen LogP contribution in [0.25, 0.3) is 0 Å². The van der Waals surface area contributed by atoms with E-state index in [0.29, 0.717) is 19.1 Å². The highest BCUT2D eigenvalue weighted by Gasteiger charge is 2.28. The van der Waals surface area contributed by atoms with E-state index in [1.807, 2.05) is 18.2 Å². The second kappa shape index (κ2) is 6.35. The van der Waals surface area contributed by atoms with E-state index in [4.69, 9.17) is 9.47 Å². The van der Waals surface area contributed by atoms with Gasteiger partial charge < -0.3 is 20.1 Å². The molecule has 2 N–H and O–H groups in total. The van der Waals surface area contributed by atoms with Gasteiger partial charge >= 0.3 is 0 Å². The van der Waals surface area contributed by atoms with Crippen LogP contribution in [0.1, 0.15) is 18.4 Å². The molecule has 1 atom stereocenters. The number of hydrogen-bond acceptors (Lipinski definition) is 4. The zero-order valence-corrected chi connectivity index (χ0v) is 12.4. The van der Waals surface area contributed by atoms with E-state index in [1.165, 1.54) is 0 Å². The average Bonchev–Trinajstić information content (AvgIpc) is 2.54. The predicted octanol–water partition coefficient (Wildman–Crippen LogP) is 1.11. The SMILES string of the molecule is COc1ccc2c(c1)CC(C(=O)NC1CCNCC1)CO2. The normalized spacial score (nSPS) is 22.0. The van der Waals surface area contributed by atoms with E-state index in [2.05, 4.69) is 10.6 Å². The Morgan fingerprint density at radius 2 is 2.19 bits per heavy atom. The zero-order valence-electron chi connectivity index (χ0n) is 12.4. The topological polar surface area (TPSA) is 59.6 Å². The molecule has 5 nitrogen and oxygen atoms in total. The molecule has 114 valence electrons. The van der Waals surface area contributed by atoms with Gasteiger partial charge in [-0.1, -0.05) is 0 Å². The summed E-state index contributed by atoms with van der Waals surface area (Å²) in [5.74, 6) is 1.66. The number of carbonyl (C=O) groups excluding carboxylic acids is 1. The van der Waals surface area contributed by atoms with Gasteiger partial charge in [0.15, 0.2) is 0 Å². The van der Waals surface area contributed by atoms with E-state index in [9.17, 15) is 4.79 Å². The monoisotopic (exact) mass is 290 g/mol. The lowest BCUT2D eigenvalue weighted by atomic mass is 9.95. The summed E-state index contributed by atoms with van der Waals surface area (Å²) in [4.78, 5) is 12.4. The van der Waals surface area contributed by atoms with Gasteiger partial charge in [-0.15, -0.1) is 0 Å². The minimum absolute atomic E-state index is 0.107. The van der Waals surface area contributed by atoms with E-state index in [-0.39, 0.29) is 11.8 Å². The van der Waals surface area contributed by atoms with E-state index >= 15 is 0 Å². The van der Waals surface area contributed by atoms with Gasteiger partial charge in [-0.3, -0.25) is 4.79 Å². The lowest BCUT2D eigenvalue weighted by Crippen LogP contribution is -2.46. The third-order valence-corrected chi connectivity index (χ3v) is 4.23. The number of hydrogen-bond donors (Lipinski definition) is 2. The van der Waals surface area contributed by atoms with Crippen LogP contribution < -0.4 is 20.1 Å². The summed E-state index contributed by atoms with van der Waals surface area (Å²) >= 11 is 0. The number of fused-ring (bicyclic) bond motifs is 1. The molecule has 2 aliphatic heterocycles. The third-order valence-electron chi connectivity index (χ3n) is 4.23. The molecule has 0 aromatic heterocycles. The van der Waals surface area contributed by atoms with Crippen LogP contribution >= 0.6 is 0 Å². The van der Waals surface area contributed by atoms with Crippen molar-refractivity contribution in [2.75, 3.05) is 26.8 Å². The Bertz CT molecular complexity index is 512. The summed E-state index contributed by atoms with van der Waals surface area (Å²) in [6, 6.07) is 6.05. The molecule has 0 spiro atoms. The van der Waals surface area contributed by atoms with Crippen LogP contribution in [-0.4, -0.2) is 38.8 Å². The van der Waals surface area contributed by atoms with Crippen LogP contribution in [0, 0.1) is 5.92 Å². The number of nitrogens with one attached hydrogen (secondary N) is 2. The van der Waals surface area contributed by atoms with Gasteiger partial charge in [0.05, 0.1) is 13.0 Å². The summed E-state index contributed by atoms with van der Waals surface area (Å²) in [5, 5.41) is 6.46. The fourth-order valence-electron chi connectivity index (χ4n) is 2.95. The first-order valence-electron chi connectivity index (χ1n) is 7.57. The maximum absolute atomic E-state index is 12.4. The molecule has 1 saturated heterocycles. The Hall–Kier alpha value is -1.75. The van der Waals surface area contributed by atoms with Crippen molar-refractivity contribution >= 4 is 5.91 Å². The minimum atomic E-state index is -0.112. The lowest BCUT2D eigenvalue weighted by Gasteiger charge is -2.28. The van der Waals surface area contributed by atoms with Gasteiger partial charge in [0, 0.05) is 6.04 Å². The lowest BCUT2D eigenvalue weighted by molar-refractivity contribution is -0.127. The molecule has 21 heavy (non-hydrogen) atoms. The molecular formula is C16H22N2O3. The Labute approximate surface area is 125 Å². The Kier molecular flexibility index (Phi) is 4.29. The first-order valence-corrected chi connectivity index (χ1v) is 7.57. The summed E-state index contributed by atoms with van der Waals surface area (Å²) in [6.45, 7) is 2.41. The van der Waals surface area contributed by atoms with Gasteiger partial charge in [0.1, 0.15) is 18.1 Å². The van der Waals surface area contributed by atoms with Crippen molar-refractivity contribution in [1.29, 1.82) is 0 Å². The minimum Gasteiger partial charge on any atom is -0.497 e. The van der Waals surface area contributed by atoms with Crippen LogP contribution in [0.3, 0.4) is 0 Å². The first-order chi connectivity index (χ1) is 10.3. The summed E-state index contributed by atoms with van der Waals surface area (Å²) in [6.07, 6.45) is 2.72. The third kappa shape index (κ3) is 3.29. The molecule has 1 unspecified atom stereocenters. The number of methoxy groups -OCH3 is 1. The molecule has 0 bridgehead atoms. The summed E-state index contributed by atoms with van der Waals surface area (Å²) in [7, 11) is 1.65. The number of piperidine rings is 1. The van der Waals surface area contributed by atoms with E-state index in [1.54, 1.807) is 7.11 Å². The van der Waals surface area contributed by atoms with Crippen molar-refractivity contribution in [3.05, 3.63) is 23.8 Å². The van der Waals surface area contributed by atoms with Gasteiger partial charge in [0.2, 0.25) is 5.91 Å². The smallest absolute Gasteiger partial charge is 0.227 e. The maximum atomic E-state index is 12.4. The molecule has 1 fully saturated rings. The molecular weight excluding hydrogens is 268 g/mol. The number of ether oxygens (including phenoxy) is 2. The fourth-order valence-corrected chi connectivity index (χ4v) is 2.95. The van der Waals surface area contributed by atoms with Crippen molar-refractivity contribution in [1.82, 2.24) is 10.6 Å². The molecule has 5 heteroatoms. The Morgan fingerprint density at radius 1 is 1.38 bits per heavy atom. The van der Waals surface area contributed by atoms with Crippen LogP contribution in [0.2, 0.25) is 0 Å². The molecule has 1 aromatic rings. The van der Waals surface area contributed by atoms with Gasteiger partial charge in [0.25, 0.3) is 0 Å². The largest absolute Gasteiger partial charge is 0.497 e. The standard InChI is InChI=1S/C16H22N2O3/c1-20-14-2-3-15-11(9-14)8-12(10-21-15)16(19)18-13-4-6-17-7-5-13/h2-3,9,12-13,17H,4-8,10H2,1H3,(H,18,19). The molecule has 0 radical (unpaired) electrons. The number of amides is 1. The highest BCUT2D eigenvalue weighted by Crippen LogP contribution is 2.30. The van der Waals surface area contributed by atoms with Crippen LogP contribution in [0.5, 0.6) is 11.5 Å². The van der Waals surface area contributed by atoms with Crippen LogP contribution in [0.15, 0.2) is 18.2 Å². The van der Waals surface area contributed by atoms with Crippen LogP contribution in [0.4, 0.5) is 0 Å². The molecule has 3 rings (SSSR count). The molecule has 0 saturated carbocycles. The molecule has 1 amide bonds. The summed E-state index contributed by atoms with van der Waals surface area (Å²) < 4.78 is 11.0. The predicted molar refractivity (Wildman–Crippen MR) is 79.7 cm³/mol. The fraction of sp³-hybridized carbons (Fsp3) is 0.562. The van der Waals surface area contributed by atoms with E-state index in [0.717, 1.165) is 43.0 Å². The molecule has 1 aromatic carbocycles. The first kappa shape index (κ1) is 14.2. The summed E-state index contributed by atoms with van der Waals surface area (Å²) in [5.41, 5.74) is 1.05. The van der Waals surface area contributed by atoms with Gasteiger partial charge in [-0.05, 0) is 56.1 Å².